The third kappa shape index (κ3) is 2.88. The van der Waals surface area contributed by atoms with E-state index < -0.39 is 0 Å². The Balaban J connectivity index is 2.08. The molecule has 1 N–H and O–H groups in total. The predicted molar refractivity (Wildman–Crippen MR) is 86.0 cm³/mol. The van der Waals surface area contributed by atoms with E-state index in [1.54, 1.807) is 12.1 Å². The molecule has 21 heavy (non-hydrogen) atoms. The van der Waals surface area contributed by atoms with Gasteiger partial charge in [0.2, 0.25) is 0 Å². The minimum Gasteiger partial charge on any atom is -0.391 e. The molecule has 5 heteroatoms. The highest BCUT2D eigenvalue weighted by molar-refractivity contribution is 9.10. The maximum absolute atomic E-state index is 9.68. The minimum absolute atomic E-state index is 0.146. The normalized spacial score (nSPS) is 10.8. The standard InChI is InChI=1S/C16H11BrClNO2/c17-12-5-1-11(2-6-12)16-14(9-20)15(19-21-16)10-3-7-13(18)8-4-10/h1-8,20H,9H2. The van der Waals surface area contributed by atoms with Crippen molar-refractivity contribution in [2.45, 2.75) is 6.61 Å². The number of halogens is 2. The number of aliphatic hydroxyl groups is 1. The Morgan fingerprint density at radius 2 is 1.62 bits per heavy atom. The van der Waals surface area contributed by atoms with Crippen LogP contribution in [0.5, 0.6) is 0 Å². The third-order valence-electron chi connectivity index (χ3n) is 3.17. The van der Waals surface area contributed by atoms with Gasteiger partial charge in [-0.1, -0.05) is 57.0 Å². The van der Waals surface area contributed by atoms with Crippen molar-refractivity contribution in [1.29, 1.82) is 0 Å². The Kier molecular flexibility index (Phi) is 4.10. The molecule has 0 saturated heterocycles. The van der Waals surface area contributed by atoms with Gasteiger partial charge in [0.1, 0.15) is 5.69 Å². The number of hydrogen-bond donors (Lipinski definition) is 1. The summed E-state index contributed by atoms with van der Waals surface area (Å²) in [5, 5.41) is 14.4. The van der Waals surface area contributed by atoms with E-state index in [0.717, 1.165) is 15.6 Å². The molecule has 0 aliphatic rings. The fourth-order valence-electron chi connectivity index (χ4n) is 2.12. The van der Waals surface area contributed by atoms with Gasteiger partial charge >= 0.3 is 0 Å². The summed E-state index contributed by atoms with van der Waals surface area (Å²) in [6.07, 6.45) is 0. The second-order valence-corrected chi connectivity index (χ2v) is 5.86. The summed E-state index contributed by atoms with van der Waals surface area (Å²) in [6.45, 7) is -0.146. The zero-order valence-electron chi connectivity index (χ0n) is 10.9. The van der Waals surface area contributed by atoms with Crippen molar-refractivity contribution in [3.05, 3.63) is 63.6 Å². The molecule has 3 rings (SSSR count). The zero-order valence-corrected chi connectivity index (χ0v) is 13.2. The topological polar surface area (TPSA) is 46.3 Å². The summed E-state index contributed by atoms with van der Waals surface area (Å²) in [5.41, 5.74) is 3.03. The van der Waals surface area contributed by atoms with Gasteiger partial charge in [0.15, 0.2) is 5.76 Å². The van der Waals surface area contributed by atoms with Gasteiger partial charge in [-0.05, 0) is 24.3 Å². The van der Waals surface area contributed by atoms with Crippen LogP contribution in [0.3, 0.4) is 0 Å². The van der Waals surface area contributed by atoms with Gasteiger partial charge in [-0.2, -0.15) is 0 Å². The number of rotatable bonds is 3. The van der Waals surface area contributed by atoms with Crippen LogP contribution in [-0.4, -0.2) is 10.3 Å². The molecule has 0 unspecified atom stereocenters. The van der Waals surface area contributed by atoms with E-state index in [2.05, 4.69) is 21.1 Å². The first-order valence-corrected chi connectivity index (χ1v) is 7.47. The van der Waals surface area contributed by atoms with Crippen LogP contribution in [0.15, 0.2) is 57.5 Å². The Hall–Kier alpha value is -1.62. The number of aliphatic hydroxyl groups excluding tert-OH is 1. The number of nitrogens with zero attached hydrogens (tertiary/aromatic N) is 1. The highest BCUT2D eigenvalue weighted by Crippen LogP contribution is 2.33. The molecule has 0 atom stereocenters. The van der Waals surface area contributed by atoms with E-state index in [-0.39, 0.29) is 6.61 Å². The molecular weight excluding hydrogens is 354 g/mol. The van der Waals surface area contributed by atoms with Gasteiger partial charge in [-0.3, -0.25) is 0 Å². The molecule has 0 radical (unpaired) electrons. The lowest BCUT2D eigenvalue weighted by atomic mass is 10.0. The van der Waals surface area contributed by atoms with Gasteiger partial charge in [0.25, 0.3) is 0 Å². The summed E-state index contributed by atoms with van der Waals surface area (Å²) < 4.78 is 6.42. The van der Waals surface area contributed by atoms with Crippen LogP contribution in [-0.2, 0) is 6.61 Å². The second kappa shape index (κ2) is 6.02. The smallest absolute Gasteiger partial charge is 0.173 e. The van der Waals surface area contributed by atoms with Crippen LogP contribution in [0.2, 0.25) is 5.02 Å². The molecule has 0 spiro atoms. The maximum Gasteiger partial charge on any atom is 0.173 e. The van der Waals surface area contributed by atoms with Crippen LogP contribution >= 0.6 is 27.5 Å². The van der Waals surface area contributed by atoms with Crippen LogP contribution in [0.4, 0.5) is 0 Å². The molecule has 0 aliphatic carbocycles. The first-order chi connectivity index (χ1) is 10.2. The lowest BCUT2D eigenvalue weighted by Gasteiger charge is -2.02. The molecule has 0 bridgehead atoms. The number of hydrogen-bond acceptors (Lipinski definition) is 3. The summed E-state index contributed by atoms with van der Waals surface area (Å²) in [5.74, 6) is 0.579. The Labute approximate surface area is 135 Å². The SMILES string of the molecule is OCc1c(-c2ccc(Cl)cc2)noc1-c1ccc(Br)cc1. The van der Waals surface area contributed by atoms with Crippen LogP contribution in [0.1, 0.15) is 5.56 Å². The van der Waals surface area contributed by atoms with Crippen molar-refractivity contribution in [2.24, 2.45) is 0 Å². The average molecular weight is 365 g/mol. The molecule has 1 heterocycles. The monoisotopic (exact) mass is 363 g/mol. The van der Waals surface area contributed by atoms with Crippen molar-refractivity contribution >= 4 is 27.5 Å². The van der Waals surface area contributed by atoms with E-state index in [0.29, 0.717) is 22.0 Å². The van der Waals surface area contributed by atoms with Crippen molar-refractivity contribution < 1.29 is 9.63 Å². The maximum atomic E-state index is 9.68. The first kappa shape index (κ1) is 14.3. The van der Waals surface area contributed by atoms with Crippen molar-refractivity contribution in [2.75, 3.05) is 0 Å². The van der Waals surface area contributed by atoms with Crippen molar-refractivity contribution in [3.8, 4) is 22.6 Å². The number of benzene rings is 2. The van der Waals surface area contributed by atoms with Gasteiger partial charge in [0.05, 0.1) is 12.2 Å². The predicted octanol–water partition coefficient (Wildman–Crippen LogP) is 4.92. The van der Waals surface area contributed by atoms with Gasteiger partial charge < -0.3 is 9.63 Å². The lowest BCUT2D eigenvalue weighted by Crippen LogP contribution is -1.89. The van der Waals surface area contributed by atoms with Crippen LogP contribution in [0.25, 0.3) is 22.6 Å². The van der Waals surface area contributed by atoms with E-state index in [9.17, 15) is 5.11 Å². The zero-order chi connectivity index (χ0) is 14.8. The second-order valence-electron chi connectivity index (χ2n) is 4.51. The minimum atomic E-state index is -0.146. The lowest BCUT2D eigenvalue weighted by molar-refractivity contribution is 0.281. The van der Waals surface area contributed by atoms with Crippen LogP contribution < -0.4 is 0 Å². The van der Waals surface area contributed by atoms with E-state index >= 15 is 0 Å². The highest BCUT2D eigenvalue weighted by atomic mass is 79.9. The van der Waals surface area contributed by atoms with Gasteiger partial charge in [-0.25, -0.2) is 0 Å². The highest BCUT2D eigenvalue weighted by Gasteiger charge is 2.18. The Morgan fingerprint density at radius 3 is 2.24 bits per heavy atom. The van der Waals surface area contributed by atoms with E-state index in [1.807, 2.05) is 36.4 Å². The summed E-state index contributed by atoms with van der Waals surface area (Å²) in [6, 6.07) is 14.9. The average Bonchev–Trinajstić information content (AvgIpc) is 2.92. The molecule has 3 nitrogen and oxygen atoms in total. The number of aromatic nitrogens is 1. The molecular formula is C16H11BrClNO2. The summed E-state index contributed by atoms with van der Waals surface area (Å²) in [7, 11) is 0. The summed E-state index contributed by atoms with van der Waals surface area (Å²) in [4.78, 5) is 0. The van der Waals surface area contributed by atoms with E-state index in [1.165, 1.54) is 0 Å². The fourth-order valence-corrected chi connectivity index (χ4v) is 2.51. The molecule has 106 valence electrons. The summed E-state index contributed by atoms with van der Waals surface area (Å²) >= 11 is 9.29. The molecule has 1 aromatic heterocycles. The molecule has 0 fully saturated rings. The molecule has 3 aromatic rings. The first-order valence-electron chi connectivity index (χ1n) is 6.30. The molecule has 0 amide bonds. The molecule has 0 aliphatic heterocycles. The van der Waals surface area contributed by atoms with Gasteiger partial charge in [-0.15, -0.1) is 0 Å². The molecule has 0 saturated carbocycles. The quantitative estimate of drug-likeness (QED) is 0.718. The van der Waals surface area contributed by atoms with Gasteiger partial charge in [0, 0.05) is 20.6 Å². The third-order valence-corrected chi connectivity index (χ3v) is 3.95. The van der Waals surface area contributed by atoms with E-state index in [4.69, 9.17) is 16.1 Å². The Bertz CT molecular complexity index is 688. The van der Waals surface area contributed by atoms with Crippen molar-refractivity contribution in [1.82, 2.24) is 5.16 Å². The van der Waals surface area contributed by atoms with Crippen molar-refractivity contribution in [3.63, 3.8) is 0 Å². The van der Waals surface area contributed by atoms with Crippen LogP contribution in [0, 0.1) is 0 Å². The molecule has 2 aromatic carbocycles. The largest absolute Gasteiger partial charge is 0.391 e. The Morgan fingerprint density at radius 1 is 1.00 bits per heavy atom. The fraction of sp³-hybridized carbons (Fsp3) is 0.0625.